The highest BCUT2D eigenvalue weighted by molar-refractivity contribution is 7.98. The minimum absolute atomic E-state index is 0.0278. The van der Waals surface area contributed by atoms with Crippen molar-refractivity contribution < 1.29 is 29.1 Å². The van der Waals surface area contributed by atoms with Crippen LogP contribution in [0.15, 0.2) is 52.8 Å². The molecule has 0 unspecified atom stereocenters. The molecule has 0 atom stereocenters. The summed E-state index contributed by atoms with van der Waals surface area (Å²) >= 11 is 1.72. The minimum Gasteiger partial charge on any atom is -0.504 e. The van der Waals surface area contributed by atoms with Gasteiger partial charge in [0.05, 0.1) is 24.3 Å². The maximum Gasteiger partial charge on any atom is 0.328 e. The summed E-state index contributed by atoms with van der Waals surface area (Å²) in [5, 5.41) is 33.7. The number of carbonyl (C=O) groups is 1. The van der Waals surface area contributed by atoms with E-state index in [0.29, 0.717) is 23.7 Å². The Bertz CT molecular complexity index is 1010. The summed E-state index contributed by atoms with van der Waals surface area (Å²) in [6.07, 6.45) is 3.36. The van der Waals surface area contributed by atoms with Crippen LogP contribution in [0.25, 0.3) is 6.08 Å². The Morgan fingerprint density at radius 1 is 1.29 bits per heavy atom. The molecule has 0 bridgehead atoms. The molecule has 35 heavy (non-hydrogen) atoms. The van der Waals surface area contributed by atoms with E-state index < -0.39 is 10.9 Å². The fraction of sp³-hybridized carbons (Fsp3) is 0.348. The van der Waals surface area contributed by atoms with Crippen LogP contribution in [0.4, 0.5) is 0 Å². The minimum atomic E-state index is -1.02. The third-order valence-corrected chi connectivity index (χ3v) is 5.10. The lowest BCUT2D eigenvalue weighted by atomic mass is 10.2. The number of hydrogen-bond acceptors (Lipinski definition) is 10. The van der Waals surface area contributed by atoms with Crippen molar-refractivity contribution in [1.82, 2.24) is 15.5 Å². The number of phenolic OH excluding ortho intramolecular Hbond substituents is 1. The molecule has 1 heterocycles. The number of rotatable bonds is 13. The molecule has 0 aliphatic heterocycles. The van der Waals surface area contributed by atoms with E-state index in [9.17, 15) is 20.0 Å². The maximum atomic E-state index is 10.3. The lowest BCUT2D eigenvalue weighted by Crippen LogP contribution is -2.26. The zero-order valence-corrected chi connectivity index (χ0v) is 21.0. The third-order valence-electron chi connectivity index (χ3n) is 4.12. The Morgan fingerprint density at radius 2 is 2.00 bits per heavy atom. The van der Waals surface area contributed by atoms with Crippen molar-refractivity contribution in [2.45, 2.75) is 12.3 Å². The molecule has 0 fully saturated rings. The number of benzene rings is 1. The normalized spacial score (nSPS) is 11.2. The van der Waals surface area contributed by atoms with Gasteiger partial charge in [0, 0.05) is 25.4 Å². The van der Waals surface area contributed by atoms with Crippen LogP contribution >= 0.6 is 11.8 Å². The van der Waals surface area contributed by atoms with Crippen molar-refractivity contribution in [3.05, 3.63) is 75.6 Å². The van der Waals surface area contributed by atoms with Gasteiger partial charge in [0.2, 0.25) is 0 Å². The molecule has 192 valence electrons. The van der Waals surface area contributed by atoms with Crippen molar-refractivity contribution in [3.8, 4) is 11.5 Å². The summed E-state index contributed by atoms with van der Waals surface area (Å²) in [6.45, 7) is 1.44. The highest BCUT2D eigenvalue weighted by atomic mass is 32.2. The molecular formula is C23H32N4O7S. The van der Waals surface area contributed by atoms with Gasteiger partial charge in [0.15, 0.2) is 17.3 Å². The number of hydrogen-bond donors (Lipinski definition) is 4. The van der Waals surface area contributed by atoms with E-state index in [4.69, 9.17) is 14.3 Å². The molecular weight excluding hydrogens is 476 g/mol. The van der Waals surface area contributed by atoms with Crippen LogP contribution in [0.2, 0.25) is 0 Å². The van der Waals surface area contributed by atoms with E-state index in [0.717, 1.165) is 41.8 Å². The van der Waals surface area contributed by atoms with E-state index in [-0.39, 0.29) is 5.75 Å². The molecule has 0 aliphatic carbocycles. The van der Waals surface area contributed by atoms with E-state index >= 15 is 0 Å². The largest absolute Gasteiger partial charge is 0.504 e. The Hall–Kier alpha value is -3.64. The lowest BCUT2D eigenvalue weighted by molar-refractivity contribution is -0.404. The van der Waals surface area contributed by atoms with E-state index in [1.807, 2.05) is 26.2 Å². The molecule has 0 spiro atoms. The number of aliphatic carboxylic acids is 1. The second-order valence-corrected chi connectivity index (χ2v) is 8.37. The number of methoxy groups -OCH3 is 1. The van der Waals surface area contributed by atoms with E-state index in [2.05, 4.69) is 15.5 Å². The average Bonchev–Trinajstić information content (AvgIpc) is 3.24. The Kier molecular flexibility index (Phi) is 13.5. The molecule has 0 radical (unpaired) electrons. The Balaban J connectivity index is 0.000000379. The fourth-order valence-corrected chi connectivity index (χ4v) is 3.34. The van der Waals surface area contributed by atoms with Gasteiger partial charge in [-0.2, -0.15) is 11.8 Å². The Labute approximate surface area is 208 Å². The van der Waals surface area contributed by atoms with Crippen molar-refractivity contribution >= 4 is 23.8 Å². The van der Waals surface area contributed by atoms with Crippen molar-refractivity contribution in [3.63, 3.8) is 0 Å². The number of ether oxygens (including phenoxy) is 1. The average molecular weight is 509 g/mol. The van der Waals surface area contributed by atoms with Crippen LogP contribution in [0.5, 0.6) is 11.5 Å². The molecule has 11 nitrogen and oxygen atoms in total. The summed E-state index contributed by atoms with van der Waals surface area (Å²) in [5.41, 5.74) is 0.655. The Morgan fingerprint density at radius 3 is 2.60 bits per heavy atom. The first kappa shape index (κ1) is 29.4. The predicted octanol–water partition coefficient (Wildman–Crippen LogP) is 2.96. The summed E-state index contributed by atoms with van der Waals surface area (Å²) < 4.78 is 10.6. The van der Waals surface area contributed by atoms with Gasteiger partial charge in [-0.3, -0.25) is 10.1 Å². The lowest BCUT2D eigenvalue weighted by Gasteiger charge is -2.07. The zero-order chi connectivity index (χ0) is 26.2. The number of phenols is 1. The topological polar surface area (TPSA) is 150 Å². The van der Waals surface area contributed by atoms with Gasteiger partial charge >= 0.3 is 5.97 Å². The number of carboxylic acid groups (broad SMARTS) is 1. The first-order valence-corrected chi connectivity index (χ1v) is 11.6. The van der Waals surface area contributed by atoms with Gasteiger partial charge < -0.3 is 34.9 Å². The van der Waals surface area contributed by atoms with E-state index in [1.165, 1.54) is 19.3 Å². The first-order valence-electron chi connectivity index (χ1n) is 10.5. The molecule has 2 aromatic rings. The number of nitrogens with one attached hydrogen (secondary N) is 2. The van der Waals surface area contributed by atoms with Gasteiger partial charge in [-0.15, -0.1) is 0 Å². The molecule has 0 amide bonds. The standard InChI is InChI=1S/C13H22N4O3S.C10H10O4/c1-14-13(9-17(18)19)15-6-7-21-10-12-5-4-11(20-12)8-16(2)3;1-14-9-6-7(2-4-8(9)11)3-5-10(12)13/h4-5,9,14-15H,6-8,10H2,1-3H3;2-6,11H,1H3,(H,12,13). The molecule has 4 N–H and O–H groups in total. The van der Waals surface area contributed by atoms with Gasteiger partial charge in [-0.25, -0.2) is 4.79 Å². The monoisotopic (exact) mass is 508 g/mol. The summed E-state index contributed by atoms with van der Waals surface area (Å²) in [4.78, 5) is 22.1. The van der Waals surface area contributed by atoms with Crippen LogP contribution in [0, 0.1) is 10.1 Å². The molecule has 0 aliphatic rings. The van der Waals surface area contributed by atoms with Crippen molar-refractivity contribution in [1.29, 1.82) is 0 Å². The number of furan rings is 1. The van der Waals surface area contributed by atoms with Crippen LogP contribution in [-0.2, 0) is 17.1 Å². The number of thioether (sulfide) groups is 1. The van der Waals surface area contributed by atoms with Gasteiger partial charge in [0.25, 0.3) is 6.20 Å². The molecule has 12 heteroatoms. The number of nitro groups is 1. The smallest absolute Gasteiger partial charge is 0.328 e. The summed E-state index contributed by atoms with van der Waals surface area (Å²) in [6, 6.07) is 8.57. The number of nitrogens with zero attached hydrogens (tertiary/aromatic N) is 2. The fourth-order valence-electron chi connectivity index (χ4n) is 2.60. The number of carboxylic acids is 1. The highest BCUT2D eigenvalue weighted by Gasteiger charge is 2.04. The second-order valence-electron chi connectivity index (χ2n) is 7.27. The highest BCUT2D eigenvalue weighted by Crippen LogP contribution is 2.26. The molecule has 1 aromatic carbocycles. The first-order chi connectivity index (χ1) is 16.6. The zero-order valence-electron chi connectivity index (χ0n) is 20.2. The predicted molar refractivity (Wildman–Crippen MR) is 136 cm³/mol. The second kappa shape index (κ2) is 16.1. The SMILES string of the molecule is CNC(=C[N+](=O)[O-])NCCSCc1ccc(CN(C)C)o1.COc1cc(C=CC(=O)O)ccc1O. The molecule has 0 saturated heterocycles. The van der Waals surface area contributed by atoms with Gasteiger partial charge in [0.1, 0.15) is 11.5 Å². The summed E-state index contributed by atoms with van der Waals surface area (Å²) in [5.74, 6) is 3.27. The van der Waals surface area contributed by atoms with Crippen molar-refractivity contribution in [2.24, 2.45) is 0 Å². The summed E-state index contributed by atoms with van der Waals surface area (Å²) in [7, 11) is 7.07. The van der Waals surface area contributed by atoms with Crippen LogP contribution in [0.3, 0.4) is 0 Å². The van der Waals surface area contributed by atoms with Crippen LogP contribution in [0.1, 0.15) is 17.1 Å². The van der Waals surface area contributed by atoms with Crippen LogP contribution < -0.4 is 15.4 Å². The van der Waals surface area contributed by atoms with Gasteiger partial charge in [-0.1, -0.05) is 6.07 Å². The molecule has 0 saturated carbocycles. The molecule has 1 aromatic heterocycles. The van der Waals surface area contributed by atoms with Crippen molar-refractivity contribution in [2.75, 3.05) is 40.6 Å². The maximum absolute atomic E-state index is 10.3. The quantitative estimate of drug-likeness (QED) is 0.137. The molecule has 2 rings (SSSR count). The van der Waals surface area contributed by atoms with E-state index in [1.54, 1.807) is 30.9 Å². The number of aromatic hydroxyl groups is 1. The van der Waals surface area contributed by atoms with Crippen LogP contribution in [-0.4, -0.2) is 66.6 Å². The van der Waals surface area contributed by atoms with Gasteiger partial charge in [-0.05, 0) is 50.0 Å². The third kappa shape index (κ3) is 13.0.